The molecule has 0 saturated heterocycles. The normalized spacial score (nSPS) is 11.7. The summed E-state index contributed by atoms with van der Waals surface area (Å²) in [6.07, 6.45) is -5.93. The van der Waals surface area contributed by atoms with Gasteiger partial charge in [0.1, 0.15) is 11.4 Å². The summed E-state index contributed by atoms with van der Waals surface area (Å²) in [5.74, 6) is 0. The topological polar surface area (TPSA) is 43.8 Å². The van der Waals surface area contributed by atoms with Crippen LogP contribution in [0.3, 0.4) is 0 Å². The number of hydrogen-bond acceptors (Lipinski definition) is 2. The molecule has 0 aliphatic carbocycles. The third kappa shape index (κ3) is 2.40. The van der Waals surface area contributed by atoms with Crippen molar-refractivity contribution in [1.29, 1.82) is 0 Å². The van der Waals surface area contributed by atoms with E-state index in [9.17, 15) is 17.6 Å². The van der Waals surface area contributed by atoms with Crippen LogP contribution in [-0.4, -0.2) is 16.3 Å². The Bertz CT molecular complexity index is 339. The molecule has 0 amide bonds. The summed E-state index contributed by atoms with van der Waals surface area (Å²) in [5.41, 5.74) is 3.59. The molecule has 0 bridgehead atoms. The number of nitrogens with zero attached hydrogens (tertiary/aromatic N) is 2. The van der Waals surface area contributed by atoms with Gasteiger partial charge in [0.25, 0.3) is 12.9 Å². The Morgan fingerprint density at radius 1 is 1.27 bits per heavy atom. The zero-order valence-electron chi connectivity index (χ0n) is 7.43. The first-order chi connectivity index (χ1) is 6.99. The van der Waals surface area contributed by atoms with Crippen molar-refractivity contribution in [2.45, 2.75) is 19.4 Å². The maximum Gasteiger partial charge on any atom is 0.283 e. The van der Waals surface area contributed by atoms with E-state index in [0.29, 0.717) is 4.68 Å². The molecule has 0 aliphatic heterocycles. The summed E-state index contributed by atoms with van der Waals surface area (Å²) in [7, 11) is 0. The predicted molar refractivity (Wildman–Crippen MR) is 46.2 cm³/mol. The fraction of sp³-hybridized carbons (Fsp3) is 0.571. The van der Waals surface area contributed by atoms with Crippen molar-refractivity contribution in [3.63, 3.8) is 0 Å². The molecular formula is C7H8ClF4N3. The van der Waals surface area contributed by atoms with E-state index in [1.165, 1.54) is 0 Å². The molecule has 0 aliphatic rings. The molecule has 1 heterocycles. The average molecular weight is 246 g/mol. The summed E-state index contributed by atoms with van der Waals surface area (Å²) >= 11 is 5.37. The van der Waals surface area contributed by atoms with Gasteiger partial charge >= 0.3 is 0 Å². The maximum absolute atomic E-state index is 12.5. The Hall–Kier alpha value is -0.820. The zero-order chi connectivity index (χ0) is 11.6. The number of halogens is 5. The maximum atomic E-state index is 12.5. The number of aromatic nitrogens is 2. The molecule has 3 nitrogen and oxygen atoms in total. The van der Waals surface area contributed by atoms with Gasteiger partial charge in [-0.15, -0.1) is 0 Å². The van der Waals surface area contributed by atoms with Crippen LogP contribution in [0.4, 0.5) is 17.6 Å². The molecular weight excluding hydrogens is 238 g/mol. The second-order valence-corrected chi connectivity index (χ2v) is 3.08. The largest absolute Gasteiger partial charge is 0.329 e. The van der Waals surface area contributed by atoms with Gasteiger partial charge in [-0.2, -0.15) is 5.10 Å². The minimum Gasteiger partial charge on any atom is -0.329 e. The van der Waals surface area contributed by atoms with Crippen LogP contribution in [-0.2, 0) is 6.54 Å². The summed E-state index contributed by atoms with van der Waals surface area (Å²) in [6.45, 7) is -0.0630. The number of hydrogen-bond donors (Lipinski definition) is 1. The van der Waals surface area contributed by atoms with Crippen molar-refractivity contribution in [1.82, 2.24) is 9.78 Å². The van der Waals surface area contributed by atoms with Crippen LogP contribution in [0.25, 0.3) is 0 Å². The SMILES string of the molecule is NCCn1nc(C(F)F)c(Cl)c1C(F)F. The van der Waals surface area contributed by atoms with Gasteiger partial charge < -0.3 is 5.73 Å². The minimum atomic E-state index is -2.98. The molecule has 1 aromatic rings. The predicted octanol–water partition coefficient (Wildman–Crippen LogP) is 2.37. The third-order valence-electron chi connectivity index (χ3n) is 1.71. The Balaban J connectivity index is 3.20. The van der Waals surface area contributed by atoms with Crippen molar-refractivity contribution >= 4 is 11.6 Å². The first-order valence-corrected chi connectivity index (χ1v) is 4.39. The van der Waals surface area contributed by atoms with Gasteiger partial charge in [-0.3, -0.25) is 4.68 Å². The van der Waals surface area contributed by atoms with Crippen LogP contribution >= 0.6 is 11.6 Å². The fourth-order valence-corrected chi connectivity index (χ4v) is 1.41. The number of alkyl halides is 4. The molecule has 0 aromatic carbocycles. The van der Waals surface area contributed by atoms with Crippen LogP contribution in [0, 0.1) is 0 Å². The monoisotopic (exact) mass is 245 g/mol. The summed E-state index contributed by atoms with van der Waals surface area (Å²) in [6, 6.07) is 0. The fourth-order valence-electron chi connectivity index (χ4n) is 1.11. The summed E-state index contributed by atoms with van der Waals surface area (Å²) in [4.78, 5) is 0. The highest BCUT2D eigenvalue weighted by molar-refractivity contribution is 6.32. The van der Waals surface area contributed by atoms with Crippen LogP contribution in [0.1, 0.15) is 24.2 Å². The molecule has 1 aromatic heterocycles. The van der Waals surface area contributed by atoms with E-state index in [-0.39, 0.29) is 13.1 Å². The quantitative estimate of drug-likeness (QED) is 0.828. The van der Waals surface area contributed by atoms with E-state index in [2.05, 4.69) is 5.10 Å². The summed E-state index contributed by atoms with van der Waals surface area (Å²) in [5, 5.41) is 2.61. The first-order valence-electron chi connectivity index (χ1n) is 4.01. The van der Waals surface area contributed by atoms with Crippen molar-refractivity contribution in [2.75, 3.05) is 6.54 Å². The molecule has 0 atom stereocenters. The Kier molecular flexibility index (Phi) is 3.92. The molecule has 0 fully saturated rings. The second-order valence-electron chi connectivity index (χ2n) is 2.70. The Labute approximate surface area is 87.8 Å². The lowest BCUT2D eigenvalue weighted by Crippen LogP contribution is -2.14. The molecule has 8 heteroatoms. The molecule has 86 valence electrons. The van der Waals surface area contributed by atoms with E-state index >= 15 is 0 Å². The van der Waals surface area contributed by atoms with Gasteiger partial charge in [-0.25, -0.2) is 17.6 Å². The highest BCUT2D eigenvalue weighted by Gasteiger charge is 2.27. The highest BCUT2D eigenvalue weighted by Crippen LogP contribution is 2.34. The Morgan fingerprint density at radius 3 is 2.27 bits per heavy atom. The smallest absolute Gasteiger partial charge is 0.283 e. The van der Waals surface area contributed by atoms with E-state index in [1.54, 1.807) is 0 Å². The third-order valence-corrected chi connectivity index (χ3v) is 2.10. The standard InChI is InChI=1S/C7H8ClF4N3/c8-3-4(6(9)10)14-15(2-1-13)5(3)7(11)12/h6-7H,1-2,13H2. The van der Waals surface area contributed by atoms with Gasteiger partial charge in [0.2, 0.25) is 0 Å². The molecule has 2 N–H and O–H groups in total. The van der Waals surface area contributed by atoms with Crippen molar-refractivity contribution in [2.24, 2.45) is 5.73 Å². The molecule has 1 rings (SSSR count). The van der Waals surface area contributed by atoms with Crippen LogP contribution in [0.15, 0.2) is 0 Å². The van der Waals surface area contributed by atoms with E-state index in [4.69, 9.17) is 17.3 Å². The number of nitrogens with two attached hydrogens (primary N) is 1. The van der Waals surface area contributed by atoms with Gasteiger partial charge in [0, 0.05) is 6.54 Å². The number of rotatable bonds is 4. The minimum absolute atomic E-state index is 0.0143. The molecule has 15 heavy (non-hydrogen) atoms. The first kappa shape index (κ1) is 12.3. The van der Waals surface area contributed by atoms with E-state index < -0.39 is 29.3 Å². The average Bonchev–Trinajstić information content (AvgIpc) is 2.43. The lowest BCUT2D eigenvalue weighted by molar-refractivity contribution is 0.139. The van der Waals surface area contributed by atoms with E-state index in [1.807, 2.05) is 0 Å². The zero-order valence-corrected chi connectivity index (χ0v) is 8.19. The second kappa shape index (κ2) is 4.80. The van der Waals surface area contributed by atoms with Gasteiger partial charge in [-0.05, 0) is 0 Å². The van der Waals surface area contributed by atoms with Crippen molar-refractivity contribution in [3.8, 4) is 0 Å². The van der Waals surface area contributed by atoms with Crippen molar-refractivity contribution in [3.05, 3.63) is 16.4 Å². The van der Waals surface area contributed by atoms with Crippen LogP contribution < -0.4 is 5.73 Å². The van der Waals surface area contributed by atoms with Crippen molar-refractivity contribution < 1.29 is 17.6 Å². The summed E-state index contributed by atoms with van der Waals surface area (Å²) < 4.78 is 50.2. The molecule has 0 spiro atoms. The van der Waals surface area contributed by atoms with Gasteiger partial charge in [0.15, 0.2) is 0 Å². The Morgan fingerprint density at radius 2 is 1.87 bits per heavy atom. The molecule has 0 unspecified atom stereocenters. The lowest BCUT2D eigenvalue weighted by Gasteiger charge is -2.04. The lowest BCUT2D eigenvalue weighted by atomic mass is 10.3. The van der Waals surface area contributed by atoms with Gasteiger partial charge in [0.05, 0.1) is 11.6 Å². The highest BCUT2D eigenvalue weighted by atomic mass is 35.5. The van der Waals surface area contributed by atoms with Crippen LogP contribution in [0.2, 0.25) is 5.02 Å². The van der Waals surface area contributed by atoms with E-state index in [0.717, 1.165) is 0 Å². The van der Waals surface area contributed by atoms with Gasteiger partial charge in [-0.1, -0.05) is 11.6 Å². The van der Waals surface area contributed by atoms with Crippen LogP contribution in [0.5, 0.6) is 0 Å². The molecule has 0 radical (unpaired) electrons. The molecule has 0 saturated carbocycles.